The van der Waals surface area contributed by atoms with Gasteiger partial charge in [-0.15, -0.1) is 0 Å². The summed E-state index contributed by atoms with van der Waals surface area (Å²) in [5.74, 6) is 0.750. The first-order chi connectivity index (χ1) is 10.2. The van der Waals surface area contributed by atoms with Crippen LogP contribution in [0.1, 0.15) is 31.7 Å². The first kappa shape index (κ1) is 16.6. The van der Waals surface area contributed by atoms with Crippen molar-refractivity contribution in [3.63, 3.8) is 0 Å². The molecule has 21 heavy (non-hydrogen) atoms. The number of ether oxygens (including phenoxy) is 1. The maximum absolute atomic E-state index is 6.22. The van der Waals surface area contributed by atoms with Crippen molar-refractivity contribution >= 4 is 11.6 Å². The maximum Gasteiger partial charge on any atom is 0.137 e. The Bertz CT molecular complexity index is 433. The number of likely N-dealkylation sites (tertiary alicyclic amines) is 1. The van der Waals surface area contributed by atoms with E-state index in [1.807, 2.05) is 12.1 Å². The molecule has 0 radical (unpaired) electrons. The Morgan fingerprint density at radius 2 is 2.00 bits per heavy atom. The Balaban J connectivity index is 1.90. The average molecular weight is 311 g/mol. The normalized spacial score (nSPS) is 15.8. The highest BCUT2D eigenvalue weighted by Gasteiger charge is 2.13. The molecule has 0 spiro atoms. The molecule has 0 amide bonds. The van der Waals surface area contributed by atoms with Crippen LogP contribution in [-0.4, -0.2) is 49.6 Å². The van der Waals surface area contributed by atoms with E-state index >= 15 is 0 Å². The highest BCUT2D eigenvalue weighted by molar-refractivity contribution is 6.32. The predicted octanol–water partition coefficient (Wildman–Crippen LogP) is 3.66. The van der Waals surface area contributed by atoms with Crippen LogP contribution in [0.3, 0.4) is 0 Å². The minimum absolute atomic E-state index is 0.700. The summed E-state index contributed by atoms with van der Waals surface area (Å²) in [4.78, 5) is 5.10. The lowest BCUT2D eigenvalue weighted by Gasteiger charge is -2.25. The number of nitrogens with zero attached hydrogens (tertiary/aromatic N) is 2. The molecule has 3 nitrogen and oxygen atoms in total. The molecule has 1 aliphatic rings. The zero-order valence-corrected chi connectivity index (χ0v) is 14.0. The summed E-state index contributed by atoms with van der Waals surface area (Å²) in [5, 5.41) is 0.700. The summed E-state index contributed by atoms with van der Waals surface area (Å²) in [7, 11) is 1.65. The van der Waals surface area contributed by atoms with E-state index in [2.05, 4.69) is 22.8 Å². The number of halogens is 1. The molecule has 1 aromatic rings. The standard InChI is InChI=1S/C17H27ClN2O/c1-3-8-20(12-11-19-9-4-5-10-19)14-15-6-7-17(21-2)16(18)13-15/h6-7,13H,3-5,8-12,14H2,1-2H3. The maximum atomic E-state index is 6.22. The molecule has 0 saturated carbocycles. The molecule has 0 atom stereocenters. The smallest absolute Gasteiger partial charge is 0.137 e. The second kappa shape index (κ2) is 8.62. The highest BCUT2D eigenvalue weighted by atomic mass is 35.5. The molecule has 1 saturated heterocycles. The number of rotatable bonds is 8. The van der Waals surface area contributed by atoms with Gasteiger partial charge in [0.1, 0.15) is 5.75 Å². The monoisotopic (exact) mass is 310 g/mol. The van der Waals surface area contributed by atoms with Gasteiger partial charge < -0.3 is 9.64 Å². The zero-order valence-electron chi connectivity index (χ0n) is 13.3. The summed E-state index contributed by atoms with van der Waals surface area (Å²) >= 11 is 6.22. The van der Waals surface area contributed by atoms with E-state index in [1.165, 1.54) is 44.5 Å². The molecule has 2 rings (SSSR count). The summed E-state index contributed by atoms with van der Waals surface area (Å²) < 4.78 is 5.22. The fourth-order valence-electron chi connectivity index (χ4n) is 2.94. The van der Waals surface area contributed by atoms with Crippen LogP contribution in [0.15, 0.2) is 18.2 Å². The Morgan fingerprint density at radius 1 is 1.24 bits per heavy atom. The molecule has 1 aromatic carbocycles. The summed E-state index contributed by atoms with van der Waals surface area (Å²) in [5.41, 5.74) is 1.26. The first-order valence-electron chi connectivity index (χ1n) is 8.00. The van der Waals surface area contributed by atoms with Gasteiger partial charge in [0.25, 0.3) is 0 Å². The van der Waals surface area contributed by atoms with Crippen LogP contribution in [0.25, 0.3) is 0 Å². The molecule has 4 heteroatoms. The van der Waals surface area contributed by atoms with Crippen molar-refractivity contribution in [2.75, 3.05) is 39.8 Å². The van der Waals surface area contributed by atoms with E-state index in [-0.39, 0.29) is 0 Å². The molecular formula is C17H27ClN2O. The summed E-state index contributed by atoms with van der Waals surface area (Å²) in [6.45, 7) is 9.21. The van der Waals surface area contributed by atoms with Crippen LogP contribution < -0.4 is 4.74 Å². The second-order valence-electron chi connectivity index (χ2n) is 5.79. The number of benzene rings is 1. The molecule has 118 valence electrons. The quantitative estimate of drug-likeness (QED) is 0.729. The van der Waals surface area contributed by atoms with E-state index < -0.39 is 0 Å². The minimum atomic E-state index is 0.700. The fourth-order valence-corrected chi connectivity index (χ4v) is 3.22. The van der Waals surface area contributed by atoms with Gasteiger partial charge >= 0.3 is 0 Å². The lowest BCUT2D eigenvalue weighted by Crippen LogP contribution is -2.34. The van der Waals surface area contributed by atoms with Crippen molar-refractivity contribution in [2.45, 2.75) is 32.7 Å². The van der Waals surface area contributed by atoms with Crippen LogP contribution in [0.5, 0.6) is 5.75 Å². The Kier molecular flexibility index (Phi) is 6.81. The van der Waals surface area contributed by atoms with Crippen LogP contribution in [0.4, 0.5) is 0 Å². The topological polar surface area (TPSA) is 15.7 Å². The molecular weight excluding hydrogens is 284 g/mol. The van der Waals surface area contributed by atoms with E-state index in [9.17, 15) is 0 Å². The molecule has 1 heterocycles. The van der Waals surface area contributed by atoms with Gasteiger partial charge in [0.2, 0.25) is 0 Å². The van der Waals surface area contributed by atoms with Crippen LogP contribution in [0, 0.1) is 0 Å². The molecule has 0 bridgehead atoms. The van der Waals surface area contributed by atoms with E-state index in [0.717, 1.165) is 25.4 Å². The van der Waals surface area contributed by atoms with Crippen molar-refractivity contribution < 1.29 is 4.74 Å². The average Bonchev–Trinajstić information content (AvgIpc) is 2.98. The van der Waals surface area contributed by atoms with Gasteiger partial charge in [-0.3, -0.25) is 4.90 Å². The molecule has 1 fully saturated rings. The highest BCUT2D eigenvalue weighted by Crippen LogP contribution is 2.25. The lowest BCUT2D eigenvalue weighted by molar-refractivity contribution is 0.218. The first-order valence-corrected chi connectivity index (χ1v) is 8.38. The summed E-state index contributed by atoms with van der Waals surface area (Å²) in [6, 6.07) is 6.10. The van der Waals surface area contributed by atoms with Gasteiger partial charge in [-0.2, -0.15) is 0 Å². The van der Waals surface area contributed by atoms with Crippen LogP contribution in [0.2, 0.25) is 5.02 Å². The third-order valence-electron chi connectivity index (χ3n) is 4.09. The van der Waals surface area contributed by atoms with Crippen molar-refractivity contribution in [2.24, 2.45) is 0 Å². The van der Waals surface area contributed by atoms with Crippen LogP contribution >= 0.6 is 11.6 Å². The van der Waals surface area contributed by atoms with Gasteiger partial charge in [-0.05, 0) is 56.6 Å². The van der Waals surface area contributed by atoms with Crippen molar-refractivity contribution in [3.8, 4) is 5.75 Å². The number of hydrogen-bond acceptors (Lipinski definition) is 3. The summed E-state index contributed by atoms with van der Waals surface area (Å²) in [6.07, 6.45) is 3.91. The fraction of sp³-hybridized carbons (Fsp3) is 0.647. The van der Waals surface area contributed by atoms with Crippen molar-refractivity contribution in [1.29, 1.82) is 0 Å². The molecule has 0 aromatic heterocycles. The Morgan fingerprint density at radius 3 is 2.62 bits per heavy atom. The van der Waals surface area contributed by atoms with Gasteiger partial charge in [-0.25, -0.2) is 0 Å². The van der Waals surface area contributed by atoms with Gasteiger partial charge in [-0.1, -0.05) is 24.6 Å². The Labute approximate surface area is 133 Å². The van der Waals surface area contributed by atoms with E-state index in [0.29, 0.717) is 5.02 Å². The molecule has 0 unspecified atom stereocenters. The van der Waals surface area contributed by atoms with Gasteiger partial charge in [0.15, 0.2) is 0 Å². The largest absolute Gasteiger partial charge is 0.495 e. The SMILES string of the molecule is CCCN(CCN1CCCC1)Cc1ccc(OC)c(Cl)c1. The van der Waals surface area contributed by atoms with Crippen molar-refractivity contribution in [1.82, 2.24) is 9.80 Å². The zero-order chi connectivity index (χ0) is 15.1. The minimum Gasteiger partial charge on any atom is -0.495 e. The Hall–Kier alpha value is -0.770. The van der Waals surface area contributed by atoms with E-state index in [1.54, 1.807) is 7.11 Å². The third kappa shape index (κ3) is 5.17. The van der Waals surface area contributed by atoms with E-state index in [4.69, 9.17) is 16.3 Å². The molecule has 0 aliphatic carbocycles. The van der Waals surface area contributed by atoms with Gasteiger partial charge in [0.05, 0.1) is 12.1 Å². The van der Waals surface area contributed by atoms with Crippen molar-refractivity contribution in [3.05, 3.63) is 28.8 Å². The second-order valence-corrected chi connectivity index (χ2v) is 6.20. The van der Waals surface area contributed by atoms with Crippen LogP contribution in [-0.2, 0) is 6.54 Å². The third-order valence-corrected chi connectivity index (χ3v) is 4.39. The number of methoxy groups -OCH3 is 1. The molecule has 1 aliphatic heterocycles. The van der Waals surface area contributed by atoms with Gasteiger partial charge in [0, 0.05) is 19.6 Å². The molecule has 0 N–H and O–H groups in total. The lowest BCUT2D eigenvalue weighted by atomic mass is 10.2. The number of hydrogen-bond donors (Lipinski definition) is 0. The predicted molar refractivity (Wildman–Crippen MR) is 89.2 cm³/mol.